The van der Waals surface area contributed by atoms with Crippen LogP contribution in [0.5, 0.6) is 5.75 Å². The van der Waals surface area contributed by atoms with Crippen LogP contribution in [0, 0.1) is 6.92 Å². The lowest BCUT2D eigenvalue weighted by molar-refractivity contribution is -0.163. The van der Waals surface area contributed by atoms with Crippen LogP contribution in [-0.4, -0.2) is 47.9 Å². The number of rotatable bonds is 10. The Morgan fingerprint density at radius 3 is 2.22 bits per heavy atom. The molecule has 184 valence electrons. The van der Waals surface area contributed by atoms with Crippen LogP contribution in [0.2, 0.25) is 0 Å². The summed E-state index contributed by atoms with van der Waals surface area (Å²) in [6.45, 7) is 5.61. The Balaban J connectivity index is 1.35. The van der Waals surface area contributed by atoms with Crippen molar-refractivity contribution in [1.82, 2.24) is 10.2 Å². The van der Waals surface area contributed by atoms with Gasteiger partial charge in [-0.05, 0) is 35.7 Å². The van der Waals surface area contributed by atoms with E-state index in [0.29, 0.717) is 5.75 Å². The second-order valence-electron chi connectivity index (χ2n) is 8.53. The number of carbonyl (C=O) groups excluding carboxylic acids is 3. The summed E-state index contributed by atoms with van der Waals surface area (Å²) in [5, 5.41) is 2.65. The first-order valence-electron chi connectivity index (χ1n) is 11.7. The first-order valence-corrected chi connectivity index (χ1v) is 11.7. The van der Waals surface area contributed by atoms with Crippen molar-refractivity contribution in [2.45, 2.75) is 25.1 Å². The molecule has 1 fully saturated rings. The Bertz CT molecular complexity index is 1190. The molecule has 1 heterocycles. The fourth-order valence-electron chi connectivity index (χ4n) is 4.02. The van der Waals surface area contributed by atoms with Crippen molar-refractivity contribution in [2.75, 3.05) is 13.2 Å². The van der Waals surface area contributed by atoms with Gasteiger partial charge in [0.1, 0.15) is 17.8 Å². The fourth-order valence-corrected chi connectivity index (χ4v) is 4.02. The number of nitrogens with zero attached hydrogens (tertiary/aromatic N) is 1. The third kappa shape index (κ3) is 5.81. The summed E-state index contributed by atoms with van der Waals surface area (Å²) >= 11 is 0. The van der Waals surface area contributed by atoms with E-state index in [0.717, 1.165) is 16.7 Å². The first-order chi connectivity index (χ1) is 17.5. The van der Waals surface area contributed by atoms with Gasteiger partial charge in [0.15, 0.2) is 12.7 Å². The molecule has 0 aliphatic carbocycles. The van der Waals surface area contributed by atoms with Crippen LogP contribution < -0.4 is 10.1 Å². The highest BCUT2D eigenvalue weighted by molar-refractivity contribution is 5.96. The van der Waals surface area contributed by atoms with E-state index in [4.69, 9.17) is 9.47 Å². The molecule has 1 N–H and O–H groups in total. The van der Waals surface area contributed by atoms with E-state index in [9.17, 15) is 14.4 Å². The minimum absolute atomic E-state index is 0.169. The highest BCUT2D eigenvalue weighted by Gasteiger charge is 2.44. The number of amides is 2. The van der Waals surface area contributed by atoms with Crippen LogP contribution in [0.4, 0.5) is 0 Å². The molecule has 0 saturated carbocycles. The van der Waals surface area contributed by atoms with Crippen molar-refractivity contribution in [1.29, 1.82) is 0 Å². The summed E-state index contributed by atoms with van der Waals surface area (Å²) < 4.78 is 11.4. The summed E-state index contributed by atoms with van der Waals surface area (Å²) in [5.74, 6) is -0.812. The van der Waals surface area contributed by atoms with Gasteiger partial charge in [-0.3, -0.25) is 9.59 Å². The van der Waals surface area contributed by atoms with Gasteiger partial charge < -0.3 is 19.7 Å². The smallest absolute Gasteiger partial charge is 0.333 e. The monoisotopic (exact) mass is 484 g/mol. The average Bonchev–Trinajstić information content (AvgIpc) is 2.90. The Morgan fingerprint density at radius 2 is 1.67 bits per heavy atom. The predicted octanol–water partition coefficient (Wildman–Crippen LogP) is 3.59. The van der Waals surface area contributed by atoms with E-state index < -0.39 is 30.1 Å². The van der Waals surface area contributed by atoms with Gasteiger partial charge in [0.2, 0.25) is 5.91 Å². The normalized spacial score (nSPS) is 15.6. The SMILES string of the molecule is C=CC(C(=O)OC(c1ccccc1)c1ccccc1)N1CC(NC(=O)COc2cccc(C)c2)C1=O. The van der Waals surface area contributed by atoms with Crippen molar-refractivity contribution in [3.8, 4) is 5.75 Å². The molecule has 3 aromatic carbocycles. The second kappa shape index (κ2) is 11.4. The summed E-state index contributed by atoms with van der Waals surface area (Å²) in [6, 6.07) is 24.4. The minimum Gasteiger partial charge on any atom is -0.484 e. The number of hydrogen-bond donors (Lipinski definition) is 1. The van der Waals surface area contributed by atoms with Crippen LogP contribution in [-0.2, 0) is 19.1 Å². The molecule has 2 unspecified atom stereocenters. The highest BCUT2D eigenvalue weighted by atomic mass is 16.5. The largest absolute Gasteiger partial charge is 0.484 e. The summed E-state index contributed by atoms with van der Waals surface area (Å²) in [7, 11) is 0. The Kier molecular flexibility index (Phi) is 7.80. The number of likely N-dealkylation sites (tertiary alicyclic amines) is 1. The molecule has 0 aromatic heterocycles. The zero-order valence-corrected chi connectivity index (χ0v) is 20.0. The maximum Gasteiger partial charge on any atom is 0.333 e. The van der Waals surface area contributed by atoms with Gasteiger partial charge in [0, 0.05) is 0 Å². The third-order valence-electron chi connectivity index (χ3n) is 5.89. The molecule has 3 aromatic rings. The summed E-state index contributed by atoms with van der Waals surface area (Å²) in [4.78, 5) is 39.5. The zero-order valence-electron chi connectivity index (χ0n) is 20.0. The zero-order chi connectivity index (χ0) is 25.5. The van der Waals surface area contributed by atoms with E-state index in [-0.39, 0.29) is 19.1 Å². The fraction of sp³-hybridized carbons (Fsp3) is 0.207. The minimum atomic E-state index is -0.968. The van der Waals surface area contributed by atoms with E-state index in [2.05, 4.69) is 11.9 Å². The summed E-state index contributed by atoms with van der Waals surface area (Å²) in [5.41, 5.74) is 2.64. The number of β-lactam (4-membered cyclic amide) rings is 1. The standard InChI is InChI=1S/C29H28N2O5/c1-3-25(29(34)36-27(21-12-6-4-7-13-21)22-14-8-5-9-15-22)31-18-24(28(31)33)30-26(32)19-35-23-16-10-11-20(2)17-23/h3-17,24-25,27H,1,18-19H2,2H3,(H,30,32). The van der Waals surface area contributed by atoms with Crippen LogP contribution >= 0.6 is 0 Å². The van der Waals surface area contributed by atoms with Crippen LogP contribution in [0.3, 0.4) is 0 Å². The number of nitrogens with one attached hydrogen (secondary N) is 1. The van der Waals surface area contributed by atoms with Crippen molar-refractivity contribution in [2.24, 2.45) is 0 Å². The quantitative estimate of drug-likeness (QED) is 0.270. The average molecular weight is 485 g/mol. The van der Waals surface area contributed by atoms with Crippen molar-refractivity contribution in [3.63, 3.8) is 0 Å². The molecule has 7 heteroatoms. The van der Waals surface area contributed by atoms with E-state index in [1.165, 1.54) is 11.0 Å². The van der Waals surface area contributed by atoms with Gasteiger partial charge >= 0.3 is 5.97 Å². The van der Waals surface area contributed by atoms with Crippen LogP contribution in [0.15, 0.2) is 97.6 Å². The lowest BCUT2D eigenvalue weighted by Gasteiger charge is -2.41. The maximum atomic E-state index is 13.1. The Hall–Kier alpha value is -4.39. The lowest BCUT2D eigenvalue weighted by Crippen LogP contribution is -2.67. The number of carbonyl (C=O) groups is 3. The molecule has 0 radical (unpaired) electrons. The number of aryl methyl sites for hydroxylation is 1. The van der Waals surface area contributed by atoms with E-state index in [1.807, 2.05) is 85.8 Å². The molecular weight excluding hydrogens is 456 g/mol. The topological polar surface area (TPSA) is 84.9 Å². The van der Waals surface area contributed by atoms with Gasteiger partial charge in [-0.2, -0.15) is 0 Å². The van der Waals surface area contributed by atoms with Crippen LogP contribution in [0.25, 0.3) is 0 Å². The lowest BCUT2D eigenvalue weighted by atomic mass is 10.0. The number of esters is 1. The summed E-state index contributed by atoms with van der Waals surface area (Å²) in [6.07, 6.45) is 0.750. The molecule has 2 atom stereocenters. The van der Waals surface area contributed by atoms with Crippen molar-refractivity contribution >= 4 is 17.8 Å². The Morgan fingerprint density at radius 1 is 1.03 bits per heavy atom. The molecule has 1 saturated heterocycles. The predicted molar refractivity (Wildman–Crippen MR) is 135 cm³/mol. The Labute approximate surface area is 210 Å². The van der Waals surface area contributed by atoms with Gasteiger partial charge in [0.25, 0.3) is 5.91 Å². The molecule has 2 amide bonds. The molecule has 4 rings (SSSR count). The van der Waals surface area contributed by atoms with E-state index in [1.54, 1.807) is 6.07 Å². The molecule has 7 nitrogen and oxygen atoms in total. The molecular formula is C29H28N2O5. The molecule has 36 heavy (non-hydrogen) atoms. The van der Waals surface area contributed by atoms with E-state index >= 15 is 0 Å². The molecule has 1 aliphatic heterocycles. The molecule has 0 bridgehead atoms. The van der Waals surface area contributed by atoms with Gasteiger partial charge in [-0.1, -0.05) is 78.9 Å². The van der Waals surface area contributed by atoms with Crippen molar-refractivity contribution in [3.05, 3.63) is 114 Å². The molecule has 0 spiro atoms. The first kappa shape index (κ1) is 24.7. The van der Waals surface area contributed by atoms with Gasteiger partial charge in [-0.25, -0.2) is 4.79 Å². The second-order valence-corrected chi connectivity index (χ2v) is 8.53. The number of hydrogen-bond acceptors (Lipinski definition) is 5. The number of benzene rings is 3. The highest BCUT2D eigenvalue weighted by Crippen LogP contribution is 2.28. The third-order valence-corrected chi connectivity index (χ3v) is 5.89. The number of ether oxygens (including phenoxy) is 2. The van der Waals surface area contributed by atoms with Crippen molar-refractivity contribution < 1.29 is 23.9 Å². The maximum absolute atomic E-state index is 13.1. The van der Waals surface area contributed by atoms with Gasteiger partial charge in [-0.15, -0.1) is 6.58 Å². The van der Waals surface area contributed by atoms with Gasteiger partial charge in [0.05, 0.1) is 6.54 Å². The van der Waals surface area contributed by atoms with Crippen LogP contribution in [0.1, 0.15) is 22.8 Å². The molecule has 1 aliphatic rings.